The zero-order chi connectivity index (χ0) is 11.0. The average Bonchev–Trinajstić information content (AvgIpc) is 2.74. The number of aromatic nitrogens is 3. The van der Waals surface area contributed by atoms with Gasteiger partial charge in [0.05, 0.1) is 16.9 Å². The van der Waals surface area contributed by atoms with E-state index in [2.05, 4.69) is 21.3 Å². The Morgan fingerprint density at radius 1 is 1.25 bits per heavy atom. The first-order valence-corrected chi connectivity index (χ1v) is 5.19. The predicted molar refractivity (Wildman–Crippen MR) is 63.2 cm³/mol. The van der Waals surface area contributed by atoms with E-state index in [0.717, 1.165) is 16.5 Å². The molecule has 0 aliphatic rings. The maximum absolute atomic E-state index is 6.06. The monoisotopic (exact) mass is 228 g/mol. The van der Waals surface area contributed by atoms with E-state index in [1.807, 2.05) is 30.5 Å². The standard InChI is InChI=1S/C12H7ClN3/c13-10-6-14-7-16-12(10)9-5-15-11-4-2-1-3-8(9)11/h1-6,15H. The lowest BCUT2D eigenvalue weighted by Crippen LogP contribution is -1.85. The van der Waals surface area contributed by atoms with Gasteiger partial charge in [0, 0.05) is 22.7 Å². The first-order chi connectivity index (χ1) is 7.86. The van der Waals surface area contributed by atoms with Gasteiger partial charge in [0.1, 0.15) is 0 Å². The van der Waals surface area contributed by atoms with Crippen LogP contribution in [0.5, 0.6) is 0 Å². The highest BCUT2D eigenvalue weighted by Gasteiger charge is 2.10. The molecule has 0 saturated heterocycles. The van der Waals surface area contributed by atoms with Gasteiger partial charge in [-0.05, 0) is 6.07 Å². The van der Waals surface area contributed by atoms with Crippen molar-refractivity contribution in [1.29, 1.82) is 0 Å². The van der Waals surface area contributed by atoms with Gasteiger partial charge in [0.15, 0.2) is 6.33 Å². The molecule has 1 aromatic carbocycles. The van der Waals surface area contributed by atoms with Crippen LogP contribution < -0.4 is 0 Å². The van der Waals surface area contributed by atoms with Gasteiger partial charge < -0.3 is 4.98 Å². The Balaban J connectivity index is 2.31. The molecular weight excluding hydrogens is 222 g/mol. The summed E-state index contributed by atoms with van der Waals surface area (Å²) in [6.07, 6.45) is 6.00. The van der Waals surface area contributed by atoms with Crippen molar-refractivity contribution >= 4 is 22.5 Å². The molecule has 0 aliphatic carbocycles. The number of hydrogen-bond acceptors (Lipinski definition) is 2. The van der Waals surface area contributed by atoms with Crippen molar-refractivity contribution in [3.05, 3.63) is 48.0 Å². The molecule has 0 amide bonds. The number of benzene rings is 1. The van der Waals surface area contributed by atoms with Crippen molar-refractivity contribution in [3.8, 4) is 11.3 Å². The fraction of sp³-hybridized carbons (Fsp3) is 0. The minimum atomic E-state index is 0.531. The summed E-state index contributed by atoms with van der Waals surface area (Å²) >= 11 is 6.06. The van der Waals surface area contributed by atoms with Crippen molar-refractivity contribution in [2.45, 2.75) is 0 Å². The number of para-hydroxylation sites is 1. The summed E-state index contributed by atoms with van der Waals surface area (Å²) < 4.78 is 0. The zero-order valence-electron chi connectivity index (χ0n) is 8.24. The van der Waals surface area contributed by atoms with Crippen LogP contribution in [0.2, 0.25) is 5.02 Å². The second-order valence-electron chi connectivity index (χ2n) is 3.41. The molecule has 0 saturated carbocycles. The highest BCUT2D eigenvalue weighted by Crippen LogP contribution is 2.30. The predicted octanol–water partition coefficient (Wildman–Crippen LogP) is 3.08. The van der Waals surface area contributed by atoms with E-state index in [1.54, 1.807) is 6.20 Å². The number of aromatic amines is 1. The number of rotatable bonds is 1. The Morgan fingerprint density at radius 2 is 2.12 bits per heavy atom. The maximum atomic E-state index is 6.06. The van der Waals surface area contributed by atoms with Crippen LogP contribution in [0.4, 0.5) is 0 Å². The van der Waals surface area contributed by atoms with Crippen molar-refractivity contribution in [1.82, 2.24) is 15.0 Å². The third-order valence-electron chi connectivity index (χ3n) is 2.47. The molecule has 2 heterocycles. The molecule has 4 heteroatoms. The van der Waals surface area contributed by atoms with Crippen LogP contribution >= 0.6 is 11.6 Å². The molecule has 0 aliphatic heterocycles. The average molecular weight is 229 g/mol. The second kappa shape index (κ2) is 3.61. The number of nitrogens with one attached hydrogen (secondary N) is 1. The third-order valence-corrected chi connectivity index (χ3v) is 2.74. The van der Waals surface area contributed by atoms with Gasteiger partial charge in [0.2, 0.25) is 0 Å². The van der Waals surface area contributed by atoms with Gasteiger partial charge in [-0.2, -0.15) is 0 Å². The molecule has 0 fully saturated rings. The van der Waals surface area contributed by atoms with Crippen LogP contribution in [0.3, 0.4) is 0 Å². The van der Waals surface area contributed by atoms with E-state index in [-0.39, 0.29) is 0 Å². The van der Waals surface area contributed by atoms with Gasteiger partial charge in [0.25, 0.3) is 0 Å². The molecule has 1 N–H and O–H groups in total. The Labute approximate surface area is 97.1 Å². The van der Waals surface area contributed by atoms with E-state index in [4.69, 9.17) is 11.6 Å². The molecule has 0 unspecified atom stereocenters. The van der Waals surface area contributed by atoms with Crippen molar-refractivity contribution in [2.75, 3.05) is 0 Å². The van der Waals surface area contributed by atoms with E-state index in [0.29, 0.717) is 10.7 Å². The lowest BCUT2D eigenvalue weighted by atomic mass is 10.1. The Kier molecular flexibility index (Phi) is 2.11. The summed E-state index contributed by atoms with van der Waals surface area (Å²) in [5.41, 5.74) is 2.74. The molecule has 3 aromatic rings. The van der Waals surface area contributed by atoms with Crippen molar-refractivity contribution in [3.63, 3.8) is 0 Å². The quantitative estimate of drug-likeness (QED) is 0.696. The van der Waals surface area contributed by atoms with Gasteiger partial charge in [-0.15, -0.1) is 0 Å². The molecule has 1 radical (unpaired) electrons. The maximum Gasteiger partial charge on any atom is 0.198 e. The lowest BCUT2D eigenvalue weighted by molar-refractivity contribution is 1.15. The Hall–Kier alpha value is -1.87. The molecular formula is C12H7ClN3. The van der Waals surface area contributed by atoms with E-state index < -0.39 is 0 Å². The van der Waals surface area contributed by atoms with Crippen LogP contribution in [-0.2, 0) is 0 Å². The molecule has 0 bridgehead atoms. The van der Waals surface area contributed by atoms with Gasteiger partial charge >= 0.3 is 0 Å². The fourth-order valence-electron chi connectivity index (χ4n) is 1.74. The van der Waals surface area contributed by atoms with Crippen molar-refractivity contribution in [2.24, 2.45) is 0 Å². The van der Waals surface area contributed by atoms with E-state index in [9.17, 15) is 0 Å². The summed E-state index contributed by atoms with van der Waals surface area (Å²) in [6, 6.07) is 8.01. The van der Waals surface area contributed by atoms with Crippen LogP contribution in [-0.4, -0.2) is 15.0 Å². The SMILES string of the molecule is Clc1cn[c]nc1-c1c[nH]c2ccccc12. The summed E-state index contributed by atoms with van der Waals surface area (Å²) in [5, 5.41) is 1.63. The summed E-state index contributed by atoms with van der Waals surface area (Å²) in [5.74, 6) is 0. The summed E-state index contributed by atoms with van der Waals surface area (Å²) in [4.78, 5) is 11.0. The van der Waals surface area contributed by atoms with Crippen LogP contribution in [0, 0.1) is 6.33 Å². The summed E-state index contributed by atoms with van der Waals surface area (Å²) in [6.45, 7) is 0. The summed E-state index contributed by atoms with van der Waals surface area (Å²) in [7, 11) is 0. The van der Waals surface area contributed by atoms with Gasteiger partial charge in [-0.1, -0.05) is 29.8 Å². The van der Waals surface area contributed by atoms with Gasteiger partial charge in [-0.25, -0.2) is 9.97 Å². The zero-order valence-corrected chi connectivity index (χ0v) is 8.99. The van der Waals surface area contributed by atoms with Crippen LogP contribution in [0.1, 0.15) is 0 Å². The molecule has 0 atom stereocenters. The molecule has 16 heavy (non-hydrogen) atoms. The number of H-pyrrole nitrogens is 1. The highest BCUT2D eigenvalue weighted by molar-refractivity contribution is 6.33. The van der Waals surface area contributed by atoms with E-state index in [1.165, 1.54) is 0 Å². The topological polar surface area (TPSA) is 41.6 Å². The highest BCUT2D eigenvalue weighted by atomic mass is 35.5. The fourth-order valence-corrected chi connectivity index (χ4v) is 1.93. The number of hydrogen-bond donors (Lipinski definition) is 1. The van der Waals surface area contributed by atoms with Crippen LogP contribution in [0.15, 0.2) is 36.7 Å². The van der Waals surface area contributed by atoms with Gasteiger partial charge in [-0.3, -0.25) is 0 Å². The largest absolute Gasteiger partial charge is 0.360 e. The lowest BCUT2D eigenvalue weighted by Gasteiger charge is -1.99. The second-order valence-corrected chi connectivity index (χ2v) is 3.82. The van der Waals surface area contributed by atoms with Crippen molar-refractivity contribution < 1.29 is 0 Å². The molecule has 77 valence electrons. The van der Waals surface area contributed by atoms with E-state index >= 15 is 0 Å². The number of nitrogens with zero attached hydrogens (tertiary/aromatic N) is 2. The molecule has 3 rings (SSSR count). The van der Waals surface area contributed by atoms with Crippen LogP contribution in [0.25, 0.3) is 22.2 Å². The molecule has 3 nitrogen and oxygen atoms in total. The Morgan fingerprint density at radius 3 is 3.00 bits per heavy atom. The Bertz CT molecular complexity index is 645. The minimum Gasteiger partial charge on any atom is -0.360 e. The normalized spacial score (nSPS) is 10.8. The first kappa shape index (κ1) is 9.36. The first-order valence-electron chi connectivity index (χ1n) is 4.81. The molecule has 0 spiro atoms. The molecule has 2 aromatic heterocycles. The number of fused-ring (bicyclic) bond motifs is 1. The minimum absolute atomic E-state index is 0.531. The number of halogens is 1. The smallest absolute Gasteiger partial charge is 0.198 e. The third kappa shape index (κ3) is 1.37.